The van der Waals surface area contributed by atoms with Crippen LogP contribution < -0.4 is 14.8 Å². The molecule has 7 nitrogen and oxygen atoms in total. The molecule has 0 atom stereocenters. The Morgan fingerprint density at radius 1 is 1.20 bits per heavy atom. The van der Waals surface area contributed by atoms with Crippen LogP contribution in [-0.4, -0.2) is 32.2 Å². The van der Waals surface area contributed by atoms with Crippen molar-refractivity contribution in [3.8, 4) is 17.6 Å². The summed E-state index contributed by atoms with van der Waals surface area (Å²) in [6.45, 7) is 7.94. The van der Waals surface area contributed by atoms with Gasteiger partial charge in [-0.05, 0) is 57.0 Å². The summed E-state index contributed by atoms with van der Waals surface area (Å²) >= 11 is 1.27. The Bertz CT molecular complexity index is 1020. The molecule has 0 spiro atoms. The normalized spacial score (nSPS) is 10.9. The Hall–Kier alpha value is -3.31. The van der Waals surface area contributed by atoms with Gasteiger partial charge in [-0.15, -0.1) is 11.3 Å². The molecule has 1 aromatic carbocycles. The third-order valence-corrected chi connectivity index (χ3v) is 5.38. The molecule has 1 N–H and O–H groups in total. The zero-order valence-electron chi connectivity index (χ0n) is 17.6. The predicted molar refractivity (Wildman–Crippen MR) is 116 cm³/mol. The highest BCUT2D eigenvalue weighted by molar-refractivity contribution is 7.16. The average Bonchev–Trinajstić information content (AvgIpc) is 3.00. The number of rotatable bonds is 8. The minimum atomic E-state index is -0.614. The smallest absolute Gasteiger partial charge is 0.341 e. The van der Waals surface area contributed by atoms with Crippen molar-refractivity contribution in [2.45, 2.75) is 27.7 Å². The molecule has 0 saturated carbocycles. The second kappa shape index (κ2) is 10.5. The molecule has 0 aliphatic carbocycles. The van der Waals surface area contributed by atoms with Crippen molar-refractivity contribution in [3.63, 3.8) is 0 Å². The number of esters is 1. The van der Waals surface area contributed by atoms with Crippen LogP contribution in [0.3, 0.4) is 0 Å². The summed E-state index contributed by atoms with van der Waals surface area (Å²) in [6.07, 6.45) is 1.45. The molecule has 0 radical (unpaired) electrons. The Kier molecular flexibility index (Phi) is 8.01. The number of nitrogens with one attached hydrogen (secondary N) is 1. The maximum Gasteiger partial charge on any atom is 0.341 e. The van der Waals surface area contributed by atoms with E-state index in [2.05, 4.69) is 5.32 Å². The van der Waals surface area contributed by atoms with Crippen molar-refractivity contribution in [1.29, 1.82) is 5.26 Å². The molecule has 0 bridgehead atoms. The fourth-order valence-electron chi connectivity index (χ4n) is 2.70. The van der Waals surface area contributed by atoms with Crippen molar-refractivity contribution >= 4 is 34.3 Å². The molecule has 2 rings (SSSR count). The zero-order valence-corrected chi connectivity index (χ0v) is 18.4. The zero-order chi connectivity index (χ0) is 22.3. The second-order valence-electron chi connectivity index (χ2n) is 6.18. The van der Waals surface area contributed by atoms with Crippen molar-refractivity contribution in [2.75, 3.05) is 25.6 Å². The highest BCUT2D eigenvalue weighted by atomic mass is 32.1. The first-order valence-corrected chi connectivity index (χ1v) is 10.2. The van der Waals surface area contributed by atoms with Crippen molar-refractivity contribution in [2.24, 2.45) is 0 Å². The summed E-state index contributed by atoms with van der Waals surface area (Å²) in [4.78, 5) is 25.9. The summed E-state index contributed by atoms with van der Waals surface area (Å²) in [5.74, 6) is -0.0494. The number of thiophene rings is 1. The van der Waals surface area contributed by atoms with Gasteiger partial charge in [-0.2, -0.15) is 5.26 Å². The predicted octanol–water partition coefficient (Wildman–Crippen LogP) is 4.49. The van der Waals surface area contributed by atoms with Gasteiger partial charge in [0.2, 0.25) is 0 Å². The number of carbonyl (C=O) groups excluding carboxylic acids is 2. The number of benzene rings is 1. The van der Waals surface area contributed by atoms with Crippen LogP contribution in [0.25, 0.3) is 6.08 Å². The first kappa shape index (κ1) is 23.0. The van der Waals surface area contributed by atoms with Crippen LogP contribution in [0, 0.1) is 25.2 Å². The number of amides is 1. The Labute approximate surface area is 179 Å². The number of nitriles is 1. The van der Waals surface area contributed by atoms with Crippen LogP contribution in [0.5, 0.6) is 11.5 Å². The lowest BCUT2D eigenvalue weighted by Crippen LogP contribution is -2.16. The lowest BCUT2D eigenvalue weighted by atomic mass is 10.1. The van der Waals surface area contributed by atoms with E-state index in [1.54, 1.807) is 32.0 Å². The van der Waals surface area contributed by atoms with E-state index in [4.69, 9.17) is 14.2 Å². The van der Waals surface area contributed by atoms with E-state index in [1.165, 1.54) is 24.5 Å². The number of hydrogen-bond acceptors (Lipinski definition) is 7. The van der Waals surface area contributed by atoms with E-state index < -0.39 is 11.9 Å². The van der Waals surface area contributed by atoms with Crippen LogP contribution in [0.2, 0.25) is 0 Å². The van der Waals surface area contributed by atoms with Crippen LogP contribution in [0.1, 0.15) is 40.2 Å². The number of nitrogens with zero attached hydrogens (tertiary/aromatic N) is 1. The SMILES string of the molecule is CCOC(=O)c1c(NC(=O)C(C#N)=Cc2ccc(OCC)c(OC)c2)sc(C)c1C. The summed E-state index contributed by atoms with van der Waals surface area (Å²) in [5, 5.41) is 12.5. The first-order valence-electron chi connectivity index (χ1n) is 9.37. The fourth-order valence-corrected chi connectivity index (χ4v) is 3.74. The number of aryl methyl sites for hydroxylation is 1. The van der Waals surface area contributed by atoms with Gasteiger partial charge in [-0.25, -0.2) is 4.79 Å². The molecule has 1 amide bonds. The highest BCUT2D eigenvalue weighted by Crippen LogP contribution is 2.33. The Morgan fingerprint density at radius 3 is 2.53 bits per heavy atom. The third kappa shape index (κ3) is 5.19. The van der Waals surface area contributed by atoms with Crippen molar-refractivity contribution in [3.05, 3.63) is 45.3 Å². The standard InChI is InChI=1S/C22H24N2O5S/c1-6-28-17-9-8-15(11-18(17)27-5)10-16(12-23)20(25)24-21-19(22(26)29-7-2)13(3)14(4)30-21/h8-11H,6-7H2,1-5H3,(H,24,25). The van der Waals surface area contributed by atoms with Gasteiger partial charge in [-0.3, -0.25) is 4.79 Å². The maximum atomic E-state index is 12.7. The number of ether oxygens (including phenoxy) is 3. The molecule has 0 fully saturated rings. The quantitative estimate of drug-likeness (QED) is 0.378. The Morgan fingerprint density at radius 2 is 1.93 bits per heavy atom. The summed E-state index contributed by atoms with van der Waals surface area (Å²) in [7, 11) is 1.52. The van der Waals surface area contributed by atoms with Gasteiger partial charge >= 0.3 is 5.97 Å². The van der Waals surface area contributed by atoms with Crippen molar-refractivity contribution in [1.82, 2.24) is 0 Å². The Balaban J connectivity index is 2.33. The topological polar surface area (TPSA) is 97.7 Å². The molecule has 0 aliphatic heterocycles. The molecule has 158 valence electrons. The average molecular weight is 429 g/mol. The van der Waals surface area contributed by atoms with Gasteiger partial charge in [0.1, 0.15) is 16.6 Å². The van der Waals surface area contributed by atoms with Gasteiger partial charge < -0.3 is 19.5 Å². The van der Waals surface area contributed by atoms with Gasteiger partial charge in [0.25, 0.3) is 5.91 Å². The molecular formula is C22H24N2O5S. The monoisotopic (exact) mass is 428 g/mol. The number of carbonyl (C=O) groups is 2. The summed E-state index contributed by atoms with van der Waals surface area (Å²) in [5.41, 5.74) is 1.55. The van der Waals surface area contributed by atoms with E-state index in [1.807, 2.05) is 19.9 Å². The largest absolute Gasteiger partial charge is 0.493 e. The van der Waals surface area contributed by atoms with Gasteiger partial charge in [0.05, 0.1) is 25.9 Å². The van der Waals surface area contributed by atoms with Crippen LogP contribution in [0.15, 0.2) is 23.8 Å². The number of methoxy groups -OCH3 is 1. The summed E-state index contributed by atoms with van der Waals surface area (Å²) < 4.78 is 15.9. The minimum absolute atomic E-state index is 0.111. The molecule has 0 saturated heterocycles. The van der Waals surface area contributed by atoms with Gasteiger partial charge in [0, 0.05) is 4.88 Å². The van der Waals surface area contributed by atoms with Crippen LogP contribution >= 0.6 is 11.3 Å². The maximum absolute atomic E-state index is 12.7. The molecule has 2 aromatic rings. The molecule has 0 unspecified atom stereocenters. The first-order chi connectivity index (χ1) is 14.4. The van der Waals surface area contributed by atoms with Crippen molar-refractivity contribution < 1.29 is 23.8 Å². The third-order valence-electron chi connectivity index (χ3n) is 4.26. The molecular weight excluding hydrogens is 404 g/mol. The molecule has 1 aromatic heterocycles. The van der Waals surface area contributed by atoms with E-state index >= 15 is 0 Å². The highest BCUT2D eigenvalue weighted by Gasteiger charge is 2.23. The minimum Gasteiger partial charge on any atom is -0.493 e. The molecule has 0 aliphatic rings. The number of anilines is 1. The van der Waals surface area contributed by atoms with Gasteiger partial charge in [-0.1, -0.05) is 6.07 Å². The number of hydrogen-bond donors (Lipinski definition) is 1. The van der Waals surface area contributed by atoms with E-state index in [9.17, 15) is 14.9 Å². The molecule has 1 heterocycles. The van der Waals surface area contributed by atoms with Crippen LogP contribution in [0.4, 0.5) is 5.00 Å². The summed E-state index contributed by atoms with van der Waals surface area (Å²) in [6, 6.07) is 7.03. The fraction of sp³-hybridized carbons (Fsp3) is 0.318. The van der Waals surface area contributed by atoms with E-state index in [0.29, 0.717) is 34.2 Å². The second-order valence-corrected chi connectivity index (χ2v) is 7.40. The molecule has 8 heteroatoms. The molecule has 30 heavy (non-hydrogen) atoms. The lowest BCUT2D eigenvalue weighted by molar-refractivity contribution is -0.112. The van der Waals surface area contributed by atoms with Gasteiger partial charge in [0.15, 0.2) is 11.5 Å². The van der Waals surface area contributed by atoms with E-state index in [0.717, 1.165) is 10.4 Å². The van der Waals surface area contributed by atoms with Crippen LogP contribution in [-0.2, 0) is 9.53 Å². The van der Waals surface area contributed by atoms with E-state index in [-0.39, 0.29) is 12.2 Å². The lowest BCUT2D eigenvalue weighted by Gasteiger charge is -2.10.